The number of aromatic nitrogens is 1. The Balaban J connectivity index is 1.40. The van der Waals surface area contributed by atoms with Gasteiger partial charge in [-0.1, -0.05) is 48.1 Å². The summed E-state index contributed by atoms with van der Waals surface area (Å²) in [6.07, 6.45) is 3.49. The average molecular weight is 447 g/mol. The third-order valence-corrected chi connectivity index (χ3v) is 6.07. The van der Waals surface area contributed by atoms with Gasteiger partial charge < -0.3 is 10.2 Å². The van der Waals surface area contributed by atoms with E-state index < -0.39 is 0 Å². The van der Waals surface area contributed by atoms with Gasteiger partial charge in [0.1, 0.15) is 0 Å². The molecule has 1 aliphatic heterocycles. The van der Waals surface area contributed by atoms with E-state index in [0.29, 0.717) is 15.7 Å². The van der Waals surface area contributed by atoms with Gasteiger partial charge in [-0.05, 0) is 49.2 Å². The van der Waals surface area contributed by atoms with Crippen LogP contribution >= 0.6 is 36.0 Å². The lowest BCUT2D eigenvalue weighted by Crippen LogP contribution is -2.47. The van der Waals surface area contributed by atoms with Crippen LogP contribution in [0.4, 0.5) is 16.2 Å². The van der Waals surface area contributed by atoms with Gasteiger partial charge in [-0.2, -0.15) is 0 Å². The largest absolute Gasteiger partial charge is 0.371 e. The second kappa shape index (κ2) is 8.69. The number of anilines is 2. The molecule has 8 heteroatoms. The van der Waals surface area contributed by atoms with Gasteiger partial charge in [-0.15, -0.1) is 0 Å². The first-order valence-electron chi connectivity index (χ1n) is 9.36. The molecule has 1 fully saturated rings. The Morgan fingerprint density at radius 2 is 1.90 bits per heavy atom. The van der Waals surface area contributed by atoms with Crippen molar-refractivity contribution >= 4 is 64.3 Å². The molecule has 2 heterocycles. The number of fused-ring (bicyclic) bond motifs is 1. The zero-order chi connectivity index (χ0) is 20.4. The molecule has 1 aromatic heterocycles. The van der Waals surface area contributed by atoms with Gasteiger partial charge in [0, 0.05) is 41.4 Å². The highest BCUT2D eigenvalue weighted by Crippen LogP contribution is 2.30. The molecule has 0 spiro atoms. The van der Waals surface area contributed by atoms with Crippen LogP contribution in [-0.2, 0) is 0 Å². The summed E-state index contributed by atoms with van der Waals surface area (Å²) in [6, 6.07) is 14.7. The summed E-state index contributed by atoms with van der Waals surface area (Å²) in [5.74, 6) is 0. The van der Waals surface area contributed by atoms with Crippen LogP contribution in [0.1, 0.15) is 12.8 Å². The number of pyridine rings is 1. The van der Waals surface area contributed by atoms with E-state index >= 15 is 0 Å². The summed E-state index contributed by atoms with van der Waals surface area (Å²) in [7, 11) is 0. The van der Waals surface area contributed by atoms with Crippen molar-refractivity contribution in [1.29, 1.82) is 0 Å². The van der Waals surface area contributed by atoms with Gasteiger partial charge in [-0.3, -0.25) is 4.98 Å². The predicted octanol–water partition coefficient (Wildman–Crippen LogP) is 5.57. The number of halogens is 2. The molecule has 0 unspecified atom stereocenters. The van der Waals surface area contributed by atoms with Crippen molar-refractivity contribution in [2.24, 2.45) is 0 Å². The van der Waals surface area contributed by atoms with E-state index in [0.717, 1.165) is 42.5 Å². The number of carbonyl (C=O) groups excluding carboxylic acids is 1. The quantitative estimate of drug-likeness (QED) is 0.516. The van der Waals surface area contributed by atoms with E-state index in [1.54, 1.807) is 12.1 Å². The van der Waals surface area contributed by atoms with Gasteiger partial charge >= 0.3 is 6.03 Å². The first kappa shape index (κ1) is 20.1. The number of rotatable bonds is 3. The van der Waals surface area contributed by atoms with Crippen molar-refractivity contribution in [3.63, 3.8) is 0 Å². The zero-order valence-corrected chi connectivity index (χ0v) is 18.0. The van der Waals surface area contributed by atoms with E-state index in [4.69, 9.17) is 23.2 Å². The molecule has 0 bridgehead atoms. The monoisotopic (exact) mass is 446 g/mol. The number of thiol groups is 1. The third kappa shape index (κ3) is 4.39. The summed E-state index contributed by atoms with van der Waals surface area (Å²) in [4.78, 5) is 19.3. The van der Waals surface area contributed by atoms with Gasteiger partial charge in [0.2, 0.25) is 0 Å². The van der Waals surface area contributed by atoms with Gasteiger partial charge in [0.15, 0.2) is 0 Å². The standard InChI is InChI=1S/C21H20Cl2N4OS/c22-14-5-6-16-18(13-14)24-10-7-19(16)26-11-8-15(9-12-26)25-21(28)27(29)20-4-2-1-3-17(20)23/h1-7,10,13,15,29H,8-9,11-12H2,(H,25,28). The molecule has 0 radical (unpaired) electrons. The Morgan fingerprint density at radius 3 is 2.66 bits per heavy atom. The van der Waals surface area contributed by atoms with Crippen LogP contribution in [0.15, 0.2) is 54.7 Å². The van der Waals surface area contributed by atoms with Crippen molar-refractivity contribution in [1.82, 2.24) is 10.3 Å². The lowest BCUT2D eigenvalue weighted by atomic mass is 10.0. The first-order valence-corrected chi connectivity index (χ1v) is 10.5. The molecule has 1 aliphatic rings. The van der Waals surface area contributed by atoms with Crippen molar-refractivity contribution in [3.05, 3.63) is 64.8 Å². The van der Waals surface area contributed by atoms with E-state index in [1.165, 1.54) is 4.31 Å². The van der Waals surface area contributed by atoms with Crippen molar-refractivity contribution < 1.29 is 4.79 Å². The van der Waals surface area contributed by atoms with E-state index in [9.17, 15) is 4.79 Å². The zero-order valence-electron chi connectivity index (χ0n) is 15.6. The summed E-state index contributed by atoms with van der Waals surface area (Å²) >= 11 is 16.6. The fourth-order valence-corrected chi connectivity index (χ4v) is 4.29. The number of nitrogens with one attached hydrogen (secondary N) is 1. The summed E-state index contributed by atoms with van der Waals surface area (Å²) < 4.78 is 1.26. The molecule has 2 aromatic carbocycles. The lowest BCUT2D eigenvalue weighted by molar-refractivity contribution is 0.243. The molecule has 2 amide bonds. The summed E-state index contributed by atoms with van der Waals surface area (Å²) in [6.45, 7) is 1.68. The number of amides is 2. The van der Waals surface area contributed by atoms with E-state index in [1.807, 2.05) is 42.6 Å². The highest BCUT2D eigenvalue weighted by molar-refractivity contribution is 7.82. The fourth-order valence-electron chi connectivity index (χ4n) is 3.62. The Morgan fingerprint density at radius 1 is 1.14 bits per heavy atom. The summed E-state index contributed by atoms with van der Waals surface area (Å²) in [5.41, 5.74) is 2.59. The van der Waals surface area contributed by atoms with Crippen LogP contribution in [0.3, 0.4) is 0 Å². The molecule has 5 nitrogen and oxygen atoms in total. The molecular weight excluding hydrogens is 427 g/mol. The molecule has 1 N–H and O–H groups in total. The van der Waals surface area contributed by atoms with Crippen LogP contribution in [0.2, 0.25) is 10.0 Å². The molecule has 0 aliphatic carbocycles. The average Bonchev–Trinajstić information content (AvgIpc) is 2.73. The molecule has 0 saturated carbocycles. The number of piperidine rings is 1. The molecule has 1 saturated heterocycles. The molecule has 0 atom stereocenters. The number of urea groups is 1. The highest BCUT2D eigenvalue weighted by atomic mass is 35.5. The van der Waals surface area contributed by atoms with Crippen LogP contribution in [0, 0.1) is 0 Å². The van der Waals surface area contributed by atoms with Gasteiger partial charge in [0.25, 0.3) is 0 Å². The van der Waals surface area contributed by atoms with Crippen LogP contribution in [0.25, 0.3) is 10.9 Å². The Hall–Kier alpha value is -2.15. The third-order valence-electron chi connectivity index (χ3n) is 5.12. The second-order valence-electron chi connectivity index (χ2n) is 6.97. The molecule has 4 rings (SSSR count). The van der Waals surface area contributed by atoms with Gasteiger partial charge in [0.05, 0.1) is 16.2 Å². The predicted molar refractivity (Wildman–Crippen MR) is 123 cm³/mol. The second-order valence-corrected chi connectivity index (χ2v) is 8.21. The Labute approximate surface area is 185 Å². The maximum Gasteiger partial charge on any atom is 0.332 e. The number of carbonyl (C=O) groups is 1. The van der Waals surface area contributed by atoms with Crippen molar-refractivity contribution in [2.45, 2.75) is 18.9 Å². The number of hydrogen-bond donors (Lipinski definition) is 2. The minimum Gasteiger partial charge on any atom is -0.371 e. The van der Waals surface area contributed by atoms with Crippen molar-refractivity contribution in [2.75, 3.05) is 22.3 Å². The normalized spacial score (nSPS) is 14.8. The van der Waals surface area contributed by atoms with E-state index in [-0.39, 0.29) is 12.1 Å². The maximum absolute atomic E-state index is 12.6. The Kier molecular flexibility index (Phi) is 6.04. The molecular formula is C21H20Cl2N4OS. The van der Waals surface area contributed by atoms with Crippen LogP contribution < -0.4 is 14.5 Å². The van der Waals surface area contributed by atoms with Crippen LogP contribution in [0.5, 0.6) is 0 Å². The fraction of sp³-hybridized carbons (Fsp3) is 0.238. The van der Waals surface area contributed by atoms with Crippen molar-refractivity contribution in [3.8, 4) is 0 Å². The lowest BCUT2D eigenvalue weighted by Gasteiger charge is -2.35. The first-order chi connectivity index (χ1) is 14.0. The molecule has 150 valence electrons. The SMILES string of the molecule is O=C(NC1CCN(c2ccnc3cc(Cl)ccc23)CC1)N(S)c1ccccc1Cl. The maximum atomic E-state index is 12.6. The number of hydrogen-bond acceptors (Lipinski definition) is 4. The molecule has 29 heavy (non-hydrogen) atoms. The number of nitrogens with zero attached hydrogens (tertiary/aromatic N) is 3. The van der Waals surface area contributed by atoms with Gasteiger partial charge in [-0.25, -0.2) is 9.10 Å². The summed E-state index contributed by atoms with van der Waals surface area (Å²) in [5, 5.41) is 5.30. The van der Waals surface area contributed by atoms with Crippen LogP contribution in [-0.4, -0.2) is 30.1 Å². The number of para-hydroxylation sites is 1. The molecule has 3 aromatic rings. The highest BCUT2D eigenvalue weighted by Gasteiger charge is 2.24. The minimum absolute atomic E-state index is 0.0819. The smallest absolute Gasteiger partial charge is 0.332 e. The van der Waals surface area contributed by atoms with E-state index in [2.05, 4.69) is 28.0 Å². The topological polar surface area (TPSA) is 48.5 Å². The minimum atomic E-state index is -0.274. The number of benzene rings is 2. The Bertz CT molecular complexity index is 1040.